The van der Waals surface area contributed by atoms with E-state index in [0.29, 0.717) is 5.13 Å². The fourth-order valence-electron chi connectivity index (χ4n) is 2.26. The van der Waals surface area contributed by atoms with Crippen molar-refractivity contribution >= 4 is 44.4 Å². The van der Waals surface area contributed by atoms with Crippen LogP contribution in [0.5, 0.6) is 5.75 Å². The molecule has 0 aliphatic heterocycles. The Bertz CT molecular complexity index is 833. The molecule has 0 fully saturated rings. The molecule has 1 heterocycles. The number of benzene rings is 2. The Morgan fingerprint density at radius 2 is 2.08 bits per heavy atom. The van der Waals surface area contributed by atoms with Gasteiger partial charge in [0.15, 0.2) is 5.13 Å². The molecule has 0 spiro atoms. The predicted molar refractivity (Wildman–Crippen MR) is 101 cm³/mol. The van der Waals surface area contributed by atoms with E-state index < -0.39 is 0 Å². The predicted octanol–water partition coefficient (Wildman–Crippen LogP) is 4.81. The highest BCUT2D eigenvalue weighted by atomic mass is 32.2. The summed E-state index contributed by atoms with van der Waals surface area (Å²) in [6, 6.07) is 15.7. The van der Waals surface area contributed by atoms with Crippen LogP contribution in [0.2, 0.25) is 0 Å². The first kappa shape index (κ1) is 16.8. The summed E-state index contributed by atoms with van der Waals surface area (Å²) in [5, 5.41) is 3.42. The fourth-order valence-corrected chi connectivity index (χ4v) is 4.13. The van der Waals surface area contributed by atoms with Gasteiger partial charge in [-0.15, -0.1) is 11.8 Å². The van der Waals surface area contributed by atoms with Gasteiger partial charge in [0.1, 0.15) is 5.75 Å². The highest BCUT2D eigenvalue weighted by molar-refractivity contribution is 8.00. The van der Waals surface area contributed by atoms with E-state index in [1.165, 1.54) is 11.3 Å². The molecule has 1 atom stereocenters. The maximum Gasteiger partial charge on any atom is 0.239 e. The molecule has 1 unspecified atom stereocenters. The fraction of sp³-hybridized carbons (Fsp3) is 0.222. The summed E-state index contributed by atoms with van der Waals surface area (Å²) in [6.07, 6.45) is 0.754. The molecular formula is C18H18N2O2S2. The number of methoxy groups -OCH3 is 1. The number of hydrogen-bond acceptors (Lipinski definition) is 5. The second-order valence-electron chi connectivity index (χ2n) is 5.17. The Labute approximate surface area is 149 Å². The summed E-state index contributed by atoms with van der Waals surface area (Å²) < 4.78 is 6.22. The van der Waals surface area contributed by atoms with Crippen molar-refractivity contribution in [3.05, 3.63) is 48.5 Å². The third-order valence-corrected chi connectivity index (χ3v) is 5.82. The van der Waals surface area contributed by atoms with E-state index in [1.807, 2.05) is 55.5 Å². The van der Waals surface area contributed by atoms with Crippen LogP contribution in [-0.2, 0) is 4.79 Å². The van der Waals surface area contributed by atoms with E-state index in [9.17, 15) is 4.79 Å². The smallest absolute Gasteiger partial charge is 0.239 e. The summed E-state index contributed by atoms with van der Waals surface area (Å²) in [6.45, 7) is 2.02. The third-order valence-electron chi connectivity index (χ3n) is 3.51. The number of ether oxygens (including phenoxy) is 1. The molecule has 0 aliphatic rings. The van der Waals surface area contributed by atoms with Gasteiger partial charge in [-0.05, 0) is 36.8 Å². The average molecular weight is 358 g/mol. The van der Waals surface area contributed by atoms with E-state index in [1.54, 1.807) is 18.9 Å². The van der Waals surface area contributed by atoms with Crippen LogP contribution in [-0.4, -0.2) is 23.3 Å². The Hall–Kier alpha value is -2.05. The molecule has 1 N–H and O–H groups in total. The zero-order chi connectivity index (χ0) is 16.9. The second kappa shape index (κ2) is 7.68. The molecule has 2 aromatic carbocycles. The van der Waals surface area contributed by atoms with Crippen molar-refractivity contribution < 1.29 is 9.53 Å². The van der Waals surface area contributed by atoms with Gasteiger partial charge < -0.3 is 10.1 Å². The first-order chi connectivity index (χ1) is 11.7. The zero-order valence-corrected chi connectivity index (χ0v) is 15.1. The van der Waals surface area contributed by atoms with Gasteiger partial charge in [-0.25, -0.2) is 4.98 Å². The van der Waals surface area contributed by atoms with Gasteiger partial charge in [0.05, 0.1) is 22.6 Å². The number of thiazole rings is 1. The van der Waals surface area contributed by atoms with Crippen LogP contribution in [0.4, 0.5) is 5.13 Å². The number of fused-ring (bicyclic) bond motifs is 1. The molecule has 0 saturated carbocycles. The van der Waals surface area contributed by atoms with Gasteiger partial charge in [0.25, 0.3) is 0 Å². The molecule has 6 heteroatoms. The molecule has 3 aromatic rings. The van der Waals surface area contributed by atoms with Crippen molar-refractivity contribution in [1.82, 2.24) is 4.98 Å². The standard InChI is InChI=1S/C18H18N2O2S2/c1-3-15(23-13-7-5-4-6-8-13)17(21)20-18-19-14-10-9-12(22-2)11-16(14)24-18/h4-11,15H,3H2,1-2H3,(H,19,20,21). The minimum Gasteiger partial charge on any atom is -0.497 e. The molecule has 0 aliphatic carbocycles. The number of carbonyl (C=O) groups excluding carboxylic acids is 1. The largest absolute Gasteiger partial charge is 0.497 e. The molecule has 1 amide bonds. The third kappa shape index (κ3) is 3.88. The Morgan fingerprint density at radius 3 is 2.79 bits per heavy atom. The van der Waals surface area contributed by atoms with E-state index in [2.05, 4.69) is 10.3 Å². The number of nitrogens with one attached hydrogen (secondary N) is 1. The van der Waals surface area contributed by atoms with E-state index >= 15 is 0 Å². The number of amides is 1. The summed E-state index contributed by atoms with van der Waals surface area (Å²) in [5.74, 6) is 0.771. The van der Waals surface area contributed by atoms with Crippen molar-refractivity contribution in [2.75, 3.05) is 12.4 Å². The molecular weight excluding hydrogens is 340 g/mol. The summed E-state index contributed by atoms with van der Waals surface area (Å²) in [5.41, 5.74) is 0.861. The number of anilines is 1. The molecule has 3 rings (SSSR count). The highest BCUT2D eigenvalue weighted by Crippen LogP contribution is 2.31. The van der Waals surface area contributed by atoms with Crippen molar-refractivity contribution in [3.8, 4) is 5.75 Å². The maximum absolute atomic E-state index is 12.6. The first-order valence-corrected chi connectivity index (χ1v) is 9.36. The highest BCUT2D eigenvalue weighted by Gasteiger charge is 2.19. The zero-order valence-electron chi connectivity index (χ0n) is 13.5. The number of nitrogens with zero attached hydrogens (tertiary/aromatic N) is 1. The molecule has 0 radical (unpaired) electrons. The van der Waals surface area contributed by atoms with Crippen LogP contribution in [0.25, 0.3) is 10.2 Å². The number of rotatable bonds is 6. The average Bonchev–Trinajstić information content (AvgIpc) is 3.01. The summed E-state index contributed by atoms with van der Waals surface area (Å²) >= 11 is 3.03. The SMILES string of the molecule is CCC(Sc1ccccc1)C(=O)Nc1nc2ccc(OC)cc2s1. The quantitative estimate of drug-likeness (QED) is 0.642. The first-order valence-electron chi connectivity index (χ1n) is 7.66. The van der Waals surface area contributed by atoms with Crippen LogP contribution in [0.1, 0.15) is 13.3 Å². The topological polar surface area (TPSA) is 51.2 Å². The van der Waals surface area contributed by atoms with Crippen LogP contribution in [0.15, 0.2) is 53.4 Å². The van der Waals surface area contributed by atoms with Gasteiger partial charge in [-0.1, -0.05) is 36.5 Å². The van der Waals surface area contributed by atoms with Crippen LogP contribution >= 0.6 is 23.1 Å². The number of carbonyl (C=O) groups is 1. The molecule has 4 nitrogen and oxygen atoms in total. The van der Waals surface area contributed by atoms with Gasteiger partial charge in [0, 0.05) is 4.90 Å². The Kier molecular flexibility index (Phi) is 5.37. The van der Waals surface area contributed by atoms with Gasteiger partial charge >= 0.3 is 0 Å². The normalized spacial score (nSPS) is 12.1. The minimum absolute atomic E-state index is 0.0163. The van der Waals surface area contributed by atoms with Gasteiger partial charge in [-0.2, -0.15) is 0 Å². The lowest BCUT2D eigenvalue weighted by Gasteiger charge is -2.13. The minimum atomic E-state index is -0.144. The van der Waals surface area contributed by atoms with E-state index in [4.69, 9.17) is 4.74 Å². The van der Waals surface area contributed by atoms with Crippen molar-refractivity contribution in [2.24, 2.45) is 0 Å². The number of hydrogen-bond donors (Lipinski definition) is 1. The van der Waals surface area contributed by atoms with Crippen molar-refractivity contribution in [3.63, 3.8) is 0 Å². The number of aromatic nitrogens is 1. The lowest BCUT2D eigenvalue weighted by atomic mass is 10.3. The van der Waals surface area contributed by atoms with E-state index in [-0.39, 0.29) is 11.2 Å². The summed E-state index contributed by atoms with van der Waals surface area (Å²) in [7, 11) is 1.64. The van der Waals surface area contributed by atoms with Gasteiger partial charge in [-0.3, -0.25) is 4.79 Å². The lowest BCUT2D eigenvalue weighted by Crippen LogP contribution is -2.24. The van der Waals surface area contributed by atoms with Gasteiger partial charge in [0.2, 0.25) is 5.91 Å². The van der Waals surface area contributed by atoms with Crippen LogP contribution < -0.4 is 10.1 Å². The van der Waals surface area contributed by atoms with E-state index in [0.717, 1.165) is 27.3 Å². The molecule has 0 bridgehead atoms. The molecule has 0 saturated heterocycles. The summed E-state index contributed by atoms with van der Waals surface area (Å²) in [4.78, 5) is 18.1. The molecule has 1 aromatic heterocycles. The second-order valence-corrected chi connectivity index (χ2v) is 7.48. The van der Waals surface area contributed by atoms with Crippen molar-refractivity contribution in [1.29, 1.82) is 0 Å². The molecule has 124 valence electrons. The number of thioether (sulfide) groups is 1. The maximum atomic E-state index is 12.6. The molecule has 24 heavy (non-hydrogen) atoms. The Balaban J connectivity index is 1.72. The van der Waals surface area contributed by atoms with Crippen LogP contribution in [0, 0.1) is 0 Å². The van der Waals surface area contributed by atoms with Crippen molar-refractivity contribution in [2.45, 2.75) is 23.5 Å². The monoisotopic (exact) mass is 358 g/mol. The lowest BCUT2D eigenvalue weighted by molar-refractivity contribution is -0.115. The Morgan fingerprint density at radius 1 is 1.29 bits per heavy atom. The van der Waals surface area contributed by atoms with Crippen LogP contribution in [0.3, 0.4) is 0 Å².